The van der Waals surface area contributed by atoms with E-state index in [1.165, 1.54) is 5.56 Å². The van der Waals surface area contributed by atoms with Gasteiger partial charge < -0.3 is 9.88 Å². The number of rotatable bonds is 5. The standard InChI is InChI=1S/C14H18N4O/c1-3-18(9-6-12-4-7-15-8-5-12)14(19)13-11(2)16-10-17-13/h4-5,7-8,10H,3,6,9H2,1-2H3,(H,16,17). The SMILES string of the molecule is CCN(CCc1ccncc1)C(=O)c1nc[nH]c1C. The Bertz CT molecular complexity index is 535. The van der Waals surface area contributed by atoms with Gasteiger partial charge in [-0.3, -0.25) is 9.78 Å². The lowest BCUT2D eigenvalue weighted by atomic mass is 10.2. The number of likely N-dealkylation sites (N-methyl/N-ethyl adjacent to an activating group) is 1. The molecule has 0 saturated heterocycles. The minimum Gasteiger partial charge on any atom is -0.348 e. The normalized spacial score (nSPS) is 10.4. The highest BCUT2D eigenvalue weighted by Crippen LogP contribution is 2.07. The number of carbonyl (C=O) groups excluding carboxylic acids is 1. The van der Waals surface area contributed by atoms with Crippen molar-refractivity contribution in [3.05, 3.63) is 47.8 Å². The molecule has 0 aromatic carbocycles. The molecule has 0 bridgehead atoms. The van der Waals surface area contributed by atoms with Crippen LogP contribution in [0, 0.1) is 6.92 Å². The molecule has 0 fully saturated rings. The second kappa shape index (κ2) is 6.13. The maximum atomic E-state index is 12.3. The Kier molecular flexibility index (Phi) is 4.28. The highest BCUT2D eigenvalue weighted by Gasteiger charge is 2.18. The third kappa shape index (κ3) is 3.19. The van der Waals surface area contributed by atoms with Crippen molar-refractivity contribution < 1.29 is 4.79 Å². The van der Waals surface area contributed by atoms with Crippen molar-refractivity contribution in [3.8, 4) is 0 Å². The summed E-state index contributed by atoms with van der Waals surface area (Å²) in [4.78, 5) is 25.1. The zero-order chi connectivity index (χ0) is 13.7. The Hall–Kier alpha value is -2.17. The van der Waals surface area contributed by atoms with E-state index in [-0.39, 0.29) is 5.91 Å². The second-order valence-corrected chi connectivity index (χ2v) is 4.37. The Morgan fingerprint density at radius 1 is 1.37 bits per heavy atom. The monoisotopic (exact) mass is 258 g/mol. The van der Waals surface area contributed by atoms with Crippen LogP contribution < -0.4 is 0 Å². The van der Waals surface area contributed by atoms with E-state index in [0.29, 0.717) is 18.8 Å². The van der Waals surface area contributed by atoms with Crippen LogP contribution in [-0.2, 0) is 6.42 Å². The largest absolute Gasteiger partial charge is 0.348 e. The van der Waals surface area contributed by atoms with Gasteiger partial charge in [-0.25, -0.2) is 4.98 Å². The first-order chi connectivity index (χ1) is 9.22. The van der Waals surface area contributed by atoms with Crippen molar-refractivity contribution in [1.82, 2.24) is 19.9 Å². The number of nitrogens with one attached hydrogen (secondary N) is 1. The molecule has 0 unspecified atom stereocenters. The second-order valence-electron chi connectivity index (χ2n) is 4.37. The number of aromatic nitrogens is 3. The molecule has 0 aliphatic heterocycles. The van der Waals surface area contributed by atoms with Crippen LogP contribution in [0.3, 0.4) is 0 Å². The van der Waals surface area contributed by atoms with Crippen LogP contribution in [0.2, 0.25) is 0 Å². The lowest BCUT2D eigenvalue weighted by Gasteiger charge is -2.20. The van der Waals surface area contributed by atoms with E-state index in [9.17, 15) is 4.79 Å². The number of hydrogen-bond acceptors (Lipinski definition) is 3. The van der Waals surface area contributed by atoms with Crippen LogP contribution in [0.25, 0.3) is 0 Å². The van der Waals surface area contributed by atoms with Crippen LogP contribution in [0.5, 0.6) is 0 Å². The van der Waals surface area contributed by atoms with E-state index in [1.807, 2.05) is 30.9 Å². The fourth-order valence-corrected chi connectivity index (χ4v) is 1.94. The van der Waals surface area contributed by atoms with Crippen LogP contribution in [0.4, 0.5) is 0 Å². The molecule has 0 atom stereocenters. The summed E-state index contributed by atoms with van der Waals surface area (Å²) in [6, 6.07) is 3.94. The molecular weight excluding hydrogens is 240 g/mol. The van der Waals surface area contributed by atoms with Gasteiger partial charge in [-0.05, 0) is 38.0 Å². The molecule has 19 heavy (non-hydrogen) atoms. The third-order valence-electron chi connectivity index (χ3n) is 3.12. The van der Waals surface area contributed by atoms with Gasteiger partial charge in [0.25, 0.3) is 5.91 Å². The molecule has 2 heterocycles. The first-order valence-electron chi connectivity index (χ1n) is 6.40. The molecule has 2 aromatic rings. The number of aromatic amines is 1. The van der Waals surface area contributed by atoms with Gasteiger partial charge in [-0.1, -0.05) is 0 Å². The lowest BCUT2D eigenvalue weighted by molar-refractivity contribution is 0.0760. The molecule has 2 aromatic heterocycles. The maximum Gasteiger partial charge on any atom is 0.274 e. The Morgan fingerprint density at radius 2 is 2.11 bits per heavy atom. The molecule has 1 amide bonds. The molecular formula is C14H18N4O. The molecule has 5 nitrogen and oxygen atoms in total. The molecule has 1 N–H and O–H groups in total. The molecule has 2 rings (SSSR count). The summed E-state index contributed by atoms with van der Waals surface area (Å²) in [5.74, 6) is -0.0182. The quantitative estimate of drug-likeness (QED) is 0.889. The highest BCUT2D eigenvalue weighted by molar-refractivity contribution is 5.93. The number of carbonyl (C=O) groups is 1. The minimum absolute atomic E-state index is 0.0182. The summed E-state index contributed by atoms with van der Waals surface area (Å²) in [7, 11) is 0. The number of amides is 1. The van der Waals surface area contributed by atoms with E-state index in [4.69, 9.17) is 0 Å². The Morgan fingerprint density at radius 3 is 2.68 bits per heavy atom. The Labute approximate surface area is 112 Å². The van der Waals surface area contributed by atoms with E-state index in [2.05, 4.69) is 15.0 Å². The summed E-state index contributed by atoms with van der Waals surface area (Å²) in [6.07, 6.45) is 5.92. The van der Waals surface area contributed by atoms with Gasteiger partial charge in [0, 0.05) is 31.2 Å². The summed E-state index contributed by atoms with van der Waals surface area (Å²) in [5, 5.41) is 0. The Balaban J connectivity index is 2.01. The van der Waals surface area contributed by atoms with Gasteiger partial charge in [0.1, 0.15) is 5.69 Å². The maximum absolute atomic E-state index is 12.3. The van der Waals surface area contributed by atoms with Crippen molar-refractivity contribution in [2.75, 3.05) is 13.1 Å². The summed E-state index contributed by atoms with van der Waals surface area (Å²) in [6.45, 7) is 5.20. The van der Waals surface area contributed by atoms with Gasteiger partial charge in [0.05, 0.1) is 6.33 Å². The number of aryl methyl sites for hydroxylation is 1. The molecule has 0 saturated carbocycles. The van der Waals surface area contributed by atoms with Crippen molar-refractivity contribution in [2.45, 2.75) is 20.3 Å². The summed E-state index contributed by atoms with van der Waals surface area (Å²) < 4.78 is 0. The van der Waals surface area contributed by atoms with Crippen molar-refractivity contribution >= 4 is 5.91 Å². The lowest BCUT2D eigenvalue weighted by Crippen LogP contribution is -2.33. The van der Waals surface area contributed by atoms with Crippen molar-refractivity contribution in [3.63, 3.8) is 0 Å². The van der Waals surface area contributed by atoms with Gasteiger partial charge in [0.15, 0.2) is 0 Å². The fourth-order valence-electron chi connectivity index (χ4n) is 1.94. The number of imidazole rings is 1. The van der Waals surface area contributed by atoms with Crippen molar-refractivity contribution in [1.29, 1.82) is 0 Å². The zero-order valence-electron chi connectivity index (χ0n) is 11.3. The summed E-state index contributed by atoms with van der Waals surface area (Å²) in [5.41, 5.74) is 2.50. The first-order valence-corrected chi connectivity index (χ1v) is 6.40. The topological polar surface area (TPSA) is 61.9 Å². The van der Waals surface area contributed by atoms with Gasteiger partial charge in [-0.2, -0.15) is 0 Å². The van der Waals surface area contributed by atoms with Crippen LogP contribution in [0.15, 0.2) is 30.9 Å². The average molecular weight is 258 g/mol. The molecule has 0 spiro atoms. The minimum atomic E-state index is -0.0182. The van der Waals surface area contributed by atoms with Crippen LogP contribution >= 0.6 is 0 Å². The van der Waals surface area contributed by atoms with Gasteiger partial charge >= 0.3 is 0 Å². The molecule has 5 heteroatoms. The molecule has 0 aliphatic carbocycles. The predicted molar refractivity (Wildman–Crippen MR) is 72.8 cm³/mol. The highest BCUT2D eigenvalue weighted by atomic mass is 16.2. The number of pyridine rings is 1. The molecule has 0 radical (unpaired) electrons. The van der Waals surface area contributed by atoms with Crippen molar-refractivity contribution in [2.24, 2.45) is 0 Å². The van der Waals surface area contributed by atoms with E-state index < -0.39 is 0 Å². The van der Waals surface area contributed by atoms with Crippen LogP contribution in [0.1, 0.15) is 28.7 Å². The molecule has 0 aliphatic rings. The third-order valence-corrected chi connectivity index (χ3v) is 3.12. The summed E-state index contributed by atoms with van der Waals surface area (Å²) >= 11 is 0. The van der Waals surface area contributed by atoms with Gasteiger partial charge in [0.2, 0.25) is 0 Å². The van der Waals surface area contributed by atoms with Gasteiger partial charge in [-0.15, -0.1) is 0 Å². The first kappa shape index (κ1) is 13.3. The fraction of sp³-hybridized carbons (Fsp3) is 0.357. The number of hydrogen-bond donors (Lipinski definition) is 1. The number of H-pyrrole nitrogens is 1. The predicted octanol–water partition coefficient (Wildman–Crippen LogP) is 1.82. The van der Waals surface area contributed by atoms with E-state index in [0.717, 1.165) is 12.1 Å². The van der Waals surface area contributed by atoms with Crippen LogP contribution in [-0.4, -0.2) is 38.8 Å². The number of nitrogens with zero attached hydrogens (tertiary/aromatic N) is 3. The van der Waals surface area contributed by atoms with E-state index in [1.54, 1.807) is 18.7 Å². The smallest absolute Gasteiger partial charge is 0.274 e. The zero-order valence-corrected chi connectivity index (χ0v) is 11.3. The average Bonchev–Trinajstić information content (AvgIpc) is 2.86. The van der Waals surface area contributed by atoms with E-state index >= 15 is 0 Å². The molecule has 100 valence electrons.